The van der Waals surface area contributed by atoms with E-state index in [1.54, 1.807) is 6.07 Å². The first-order valence-electron chi connectivity index (χ1n) is 9.08. The average Bonchev–Trinajstić information content (AvgIpc) is 3.11. The normalized spacial score (nSPS) is 10.8. The number of hydrogen-bond donors (Lipinski definition) is 1. The summed E-state index contributed by atoms with van der Waals surface area (Å²) in [5.74, 6) is -1.84. The monoisotopic (exact) mass is 406 g/mol. The summed E-state index contributed by atoms with van der Waals surface area (Å²) in [5, 5.41) is 6.59. The van der Waals surface area contributed by atoms with Gasteiger partial charge in [0.05, 0.1) is 17.7 Å². The summed E-state index contributed by atoms with van der Waals surface area (Å²) in [5.41, 5.74) is 2.64. The molecule has 8 heteroatoms. The first-order valence-corrected chi connectivity index (χ1v) is 9.08. The highest BCUT2D eigenvalue weighted by Gasteiger charge is 2.24. The highest BCUT2D eigenvalue weighted by molar-refractivity contribution is 5.97. The van der Waals surface area contributed by atoms with Gasteiger partial charge in [0.25, 0.3) is 0 Å². The SMILES string of the molecule is Cc1cccc(CC(=O)Nc2onc(-c3ccc(F)cc3F)c2-c2ccncn2)c1. The number of halogens is 2. The zero-order valence-corrected chi connectivity index (χ0v) is 15.9. The lowest BCUT2D eigenvalue weighted by Crippen LogP contribution is -2.14. The minimum atomic E-state index is -0.809. The first-order chi connectivity index (χ1) is 14.5. The van der Waals surface area contributed by atoms with Crippen LogP contribution in [0.2, 0.25) is 0 Å². The van der Waals surface area contributed by atoms with Crippen LogP contribution in [0.3, 0.4) is 0 Å². The molecule has 150 valence electrons. The molecule has 0 unspecified atom stereocenters. The number of rotatable bonds is 5. The lowest BCUT2D eigenvalue weighted by Gasteiger charge is -2.07. The number of hydrogen-bond acceptors (Lipinski definition) is 5. The van der Waals surface area contributed by atoms with Crippen molar-refractivity contribution in [2.75, 3.05) is 5.32 Å². The fourth-order valence-electron chi connectivity index (χ4n) is 3.10. The lowest BCUT2D eigenvalue weighted by atomic mass is 10.0. The molecule has 4 rings (SSSR count). The third-order valence-corrected chi connectivity index (χ3v) is 4.42. The molecule has 1 amide bonds. The van der Waals surface area contributed by atoms with Crippen LogP contribution < -0.4 is 5.32 Å². The summed E-state index contributed by atoms with van der Waals surface area (Å²) in [6, 6.07) is 12.3. The maximum Gasteiger partial charge on any atom is 0.241 e. The summed E-state index contributed by atoms with van der Waals surface area (Å²) in [4.78, 5) is 20.6. The first kappa shape index (κ1) is 19.4. The van der Waals surface area contributed by atoms with E-state index in [0.717, 1.165) is 23.3 Å². The van der Waals surface area contributed by atoms with Gasteiger partial charge in [0.1, 0.15) is 23.7 Å². The topological polar surface area (TPSA) is 80.9 Å². The van der Waals surface area contributed by atoms with E-state index in [4.69, 9.17) is 4.52 Å². The van der Waals surface area contributed by atoms with Crippen molar-refractivity contribution in [2.45, 2.75) is 13.3 Å². The van der Waals surface area contributed by atoms with E-state index >= 15 is 0 Å². The molecule has 0 fully saturated rings. The van der Waals surface area contributed by atoms with E-state index in [-0.39, 0.29) is 35.0 Å². The zero-order valence-electron chi connectivity index (χ0n) is 15.9. The molecule has 0 radical (unpaired) electrons. The Morgan fingerprint density at radius 1 is 1.13 bits per heavy atom. The van der Waals surface area contributed by atoms with Crippen LogP contribution in [0.25, 0.3) is 22.5 Å². The molecule has 0 bridgehead atoms. The number of carbonyl (C=O) groups is 1. The van der Waals surface area contributed by atoms with E-state index in [1.807, 2.05) is 31.2 Å². The van der Waals surface area contributed by atoms with E-state index in [2.05, 4.69) is 20.4 Å². The number of carbonyl (C=O) groups excluding carboxylic acids is 1. The van der Waals surface area contributed by atoms with Crippen molar-refractivity contribution in [3.05, 3.63) is 83.8 Å². The van der Waals surface area contributed by atoms with Crippen LogP contribution in [0.15, 0.2) is 65.6 Å². The van der Waals surface area contributed by atoms with Crippen molar-refractivity contribution in [2.24, 2.45) is 0 Å². The summed E-state index contributed by atoms with van der Waals surface area (Å²) in [7, 11) is 0. The Labute approximate surface area is 170 Å². The molecule has 0 spiro atoms. The molecular formula is C22H16F2N4O2. The number of aromatic nitrogens is 3. The van der Waals surface area contributed by atoms with Gasteiger partial charge < -0.3 is 4.52 Å². The smallest absolute Gasteiger partial charge is 0.241 e. The summed E-state index contributed by atoms with van der Waals surface area (Å²) in [6.07, 6.45) is 2.93. The van der Waals surface area contributed by atoms with Gasteiger partial charge in [0.2, 0.25) is 11.8 Å². The molecule has 2 heterocycles. The van der Waals surface area contributed by atoms with Crippen molar-refractivity contribution < 1.29 is 18.1 Å². The third-order valence-electron chi connectivity index (χ3n) is 4.42. The van der Waals surface area contributed by atoms with Gasteiger partial charge in [-0.05, 0) is 30.7 Å². The van der Waals surface area contributed by atoms with Crippen LogP contribution in [0, 0.1) is 18.6 Å². The number of amides is 1. The predicted molar refractivity (Wildman–Crippen MR) is 106 cm³/mol. The summed E-state index contributed by atoms with van der Waals surface area (Å²) < 4.78 is 33.0. The van der Waals surface area contributed by atoms with Crippen molar-refractivity contribution in [1.29, 1.82) is 0 Å². The molecular weight excluding hydrogens is 390 g/mol. The molecule has 2 aromatic heterocycles. The lowest BCUT2D eigenvalue weighted by molar-refractivity contribution is -0.115. The second-order valence-corrected chi connectivity index (χ2v) is 6.67. The summed E-state index contributed by atoms with van der Waals surface area (Å²) in [6.45, 7) is 1.94. The quantitative estimate of drug-likeness (QED) is 0.525. The van der Waals surface area contributed by atoms with E-state index in [9.17, 15) is 13.6 Å². The number of benzene rings is 2. The summed E-state index contributed by atoms with van der Waals surface area (Å²) >= 11 is 0. The molecule has 0 aliphatic heterocycles. The second-order valence-electron chi connectivity index (χ2n) is 6.67. The Morgan fingerprint density at radius 3 is 2.73 bits per heavy atom. The molecule has 2 aromatic carbocycles. The standard InChI is InChI=1S/C22H16F2N4O2/c1-13-3-2-4-14(9-13)10-19(29)27-22-20(18-7-8-25-12-26-18)21(28-30-22)16-6-5-15(23)11-17(16)24/h2-9,11-12H,10H2,1H3,(H,27,29). The van der Waals surface area contributed by atoms with Crippen molar-refractivity contribution in [3.8, 4) is 22.5 Å². The van der Waals surface area contributed by atoms with Gasteiger partial charge in [-0.15, -0.1) is 0 Å². The Kier molecular flexibility index (Phi) is 5.30. The van der Waals surface area contributed by atoms with Crippen molar-refractivity contribution in [3.63, 3.8) is 0 Å². The Balaban J connectivity index is 1.71. The molecule has 6 nitrogen and oxygen atoms in total. The number of nitrogens with one attached hydrogen (secondary N) is 1. The van der Waals surface area contributed by atoms with Gasteiger partial charge in [0.15, 0.2) is 0 Å². The van der Waals surface area contributed by atoms with E-state index < -0.39 is 11.6 Å². The molecule has 0 saturated heterocycles. The van der Waals surface area contributed by atoms with Crippen molar-refractivity contribution >= 4 is 11.8 Å². The van der Waals surface area contributed by atoms with Gasteiger partial charge in [-0.25, -0.2) is 18.7 Å². The maximum absolute atomic E-state index is 14.4. The van der Waals surface area contributed by atoms with Gasteiger partial charge in [-0.3, -0.25) is 10.1 Å². The Bertz CT molecular complexity index is 1210. The van der Waals surface area contributed by atoms with Gasteiger partial charge in [0, 0.05) is 17.8 Å². The highest BCUT2D eigenvalue weighted by Crippen LogP contribution is 2.37. The average molecular weight is 406 g/mol. The molecule has 0 aliphatic rings. The van der Waals surface area contributed by atoms with Crippen LogP contribution >= 0.6 is 0 Å². The van der Waals surface area contributed by atoms with Crippen LogP contribution in [0.1, 0.15) is 11.1 Å². The van der Waals surface area contributed by atoms with Crippen LogP contribution in [0.4, 0.5) is 14.7 Å². The maximum atomic E-state index is 14.4. The van der Waals surface area contributed by atoms with Gasteiger partial charge in [-0.2, -0.15) is 0 Å². The highest BCUT2D eigenvalue weighted by atomic mass is 19.1. The fourth-order valence-corrected chi connectivity index (χ4v) is 3.10. The second kappa shape index (κ2) is 8.20. The molecule has 0 saturated carbocycles. The molecule has 0 atom stereocenters. The minimum Gasteiger partial charge on any atom is -0.337 e. The van der Waals surface area contributed by atoms with E-state index in [1.165, 1.54) is 18.6 Å². The fraction of sp³-hybridized carbons (Fsp3) is 0.0909. The minimum absolute atomic E-state index is 0.0186. The molecule has 4 aromatic rings. The Morgan fingerprint density at radius 2 is 2.00 bits per heavy atom. The number of aryl methyl sites for hydroxylation is 1. The van der Waals surface area contributed by atoms with Gasteiger partial charge >= 0.3 is 0 Å². The number of anilines is 1. The number of nitrogens with zero attached hydrogens (tertiary/aromatic N) is 3. The molecule has 30 heavy (non-hydrogen) atoms. The van der Waals surface area contributed by atoms with E-state index in [0.29, 0.717) is 5.69 Å². The Hall–Kier alpha value is -3.94. The molecule has 0 aliphatic carbocycles. The van der Waals surface area contributed by atoms with Gasteiger partial charge in [-0.1, -0.05) is 35.0 Å². The third kappa shape index (κ3) is 4.07. The van der Waals surface area contributed by atoms with Crippen LogP contribution in [0.5, 0.6) is 0 Å². The predicted octanol–water partition coefficient (Wildman–Crippen LogP) is 4.57. The van der Waals surface area contributed by atoms with Crippen LogP contribution in [-0.2, 0) is 11.2 Å². The largest absolute Gasteiger partial charge is 0.337 e. The molecule has 1 N–H and O–H groups in total. The van der Waals surface area contributed by atoms with Crippen molar-refractivity contribution in [1.82, 2.24) is 15.1 Å². The van der Waals surface area contributed by atoms with Crippen LogP contribution in [-0.4, -0.2) is 21.0 Å². The zero-order chi connectivity index (χ0) is 21.1.